The maximum Gasteiger partial charge on any atom is 0.0872 e. The van der Waals surface area contributed by atoms with Gasteiger partial charge >= 0.3 is 0 Å². The van der Waals surface area contributed by atoms with E-state index >= 15 is 0 Å². The molecule has 0 amide bonds. The zero-order valence-electron chi connectivity index (χ0n) is 6.13. The molecule has 0 bridgehead atoms. The van der Waals surface area contributed by atoms with Crippen molar-refractivity contribution in [2.75, 3.05) is 0 Å². The van der Waals surface area contributed by atoms with Crippen molar-refractivity contribution in [3.8, 4) is 0 Å². The molecule has 0 aromatic heterocycles. The summed E-state index contributed by atoms with van der Waals surface area (Å²) in [6, 6.07) is 0. The van der Waals surface area contributed by atoms with Gasteiger partial charge in [0.15, 0.2) is 0 Å². The Hall–Kier alpha value is -0.0400. The molecule has 0 aromatic rings. The number of hydrogen-bond acceptors (Lipinski definition) is 1. The van der Waals surface area contributed by atoms with Crippen LogP contribution in [-0.4, -0.2) is 12.2 Å². The molecule has 1 heterocycles. The fourth-order valence-electron chi connectivity index (χ4n) is 1.48. The van der Waals surface area contributed by atoms with Gasteiger partial charge in [-0.3, -0.25) is 0 Å². The Morgan fingerprint density at radius 1 is 1.33 bits per heavy atom. The van der Waals surface area contributed by atoms with Gasteiger partial charge in [-0.2, -0.15) is 0 Å². The predicted molar refractivity (Wildman–Crippen MR) is 36.2 cm³/mol. The molecule has 0 spiro atoms. The molecule has 2 aliphatic rings. The lowest BCUT2D eigenvalue weighted by molar-refractivity contribution is 0.326. The summed E-state index contributed by atoms with van der Waals surface area (Å²) in [5.41, 5.74) is 0. The van der Waals surface area contributed by atoms with Crippen LogP contribution in [0.25, 0.3) is 0 Å². The summed E-state index contributed by atoms with van der Waals surface area (Å²) in [5.74, 6) is 1.70. The van der Waals surface area contributed by atoms with Crippen LogP contribution in [0.3, 0.4) is 0 Å². The number of rotatable bonds is 2. The Balaban J connectivity index is 1.81. The van der Waals surface area contributed by atoms with E-state index in [1.807, 2.05) is 0 Å². The van der Waals surface area contributed by atoms with E-state index in [2.05, 4.69) is 13.8 Å². The molecule has 2 unspecified atom stereocenters. The SMILES string of the molecule is CC(C)C1OC1C1CC1. The van der Waals surface area contributed by atoms with E-state index in [4.69, 9.17) is 4.74 Å². The van der Waals surface area contributed by atoms with Crippen LogP contribution in [0.5, 0.6) is 0 Å². The number of ether oxygens (including phenoxy) is 1. The number of hydrogen-bond donors (Lipinski definition) is 0. The molecule has 2 rings (SSSR count). The van der Waals surface area contributed by atoms with Gasteiger partial charge in [-0.15, -0.1) is 0 Å². The van der Waals surface area contributed by atoms with Gasteiger partial charge in [0.05, 0.1) is 12.2 Å². The van der Waals surface area contributed by atoms with Gasteiger partial charge in [0.2, 0.25) is 0 Å². The molecule has 9 heavy (non-hydrogen) atoms. The molecule has 1 aliphatic carbocycles. The minimum atomic E-state index is 0.623. The van der Waals surface area contributed by atoms with Gasteiger partial charge in [-0.25, -0.2) is 0 Å². The summed E-state index contributed by atoms with van der Waals surface area (Å²) in [7, 11) is 0. The Bertz CT molecular complexity index is 110. The molecule has 0 N–H and O–H groups in total. The highest BCUT2D eigenvalue weighted by Crippen LogP contribution is 2.46. The molecule has 1 heteroatoms. The highest BCUT2D eigenvalue weighted by Gasteiger charge is 2.50. The zero-order valence-corrected chi connectivity index (χ0v) is 6.13. The van der Waals surface area contributed by atoms with E-state index in [9.17, 15) is 0 Å². The van der Waals surface area contributed by atoms with Crippen molar-refractivity contribution in [3.63, 3.8) is 0 Å². The molecule has 1 nitrogen and oxygen atoms in total. The first kappa shape index (κ1) is 5.72. The van der Waals surface area contributed by atoms with E-state index in [0.717, 1.165) is 11.8 Å². The minimum Gasteiger partial charge on any atom is -0.369 e. The molecule has 0 radical (unpaired) electrons. The molecule has 2 atom stereocenters. The average Bonchev–Trinajstić information content (AvgIpc) is 2.60. The normalized spacial score (nSPS) is 41.7. The first-order valence-corrected chi connectivity index (χ1v) is 3.94. The van der Waals surface area contributed by atoms with Crippen LogP contribution in [0.2, 0.25) is 0 Å². The standard InChI is InChI=1S/C8H14O/c1-5(2)7-8(9-7)6-3-4-6/h5-8H,3-4H2,1-2H3. The van der Waals surface area contributed by atoms with Crippen LogP contribution in [0.1, 0.15) is 26.7 Å². The maximum absolute atomic E-state index is 5.50. The van der Waals surface area contributed by atoms with Crippen LogP contribution < -0.4 is 0 Å². The van der Waals surface area contributed by atoms with Gasteiger partial charge in [0, 0.05) is 0 Å². The van der Waals surface area contributed by atoms with Crippen molar-refractivity contribution < 1.29 is 4.74 Å². The van der Waals surface area contributed by atoms with Crippen LogP contribution >= 0.6 is 0 Å². The van der Waals surface area contributed by atoms with Gasteiger partial charge in [-0.05, 0) is 24.7 Å². The van der Waals surface area contributed by atoms with Crippen molar-refractivity contribution in [2.24, 2.45) is 11.8 Å². The third-order valence-electron chi connectivity index (χ3n) is 2.31. The second-order valence-corrected chi connectivity index (χ2v) is 3.65. The summed E-state index contributed by atoms with van der Waals surface area (Å²) in [5, 5.41) is 0. The van der Waals surface area contributed by atoms with E-state index in [-0.39, 0.29) is 0 Å². The van der Waals surface area contributed by atoms with E-state index in [1.54, 1.807) is 0 Å². The molecular weight excluding hydrogens is 112 g/mol. The molecule has 1 saturated heterocycles. The summed E-state index contributed by atoms with van der Waals surface area (Å²) < 4.78 is 5.50. The van der Waals surface area contributed by atoms with Crippen LogP contribution in [0.15, 0.2) is 0 Å². The first-order chi connectivity index (χ1) is 4.29. The highest BCUT2D eigenvalue weighted by atomic mass is 16.6. The third-order valence-corrected chi connectivity index (χ3v) is 2.31. The topological polar surface area (TPSA) is 12.5 Å². The molecule has 2 fully saturated rings. The largest absolute Gasteiger partial charge is 0.369 e. The Labute approximate surface area is 56.4 Å². The second kappa shape index (κ2) is 1.72. The van der Waals surface area contributed by atoms with Crippen LogP contribution in [-0.2, 0) is 4.74 Å². The van der Waals surface area contributed by atoms with E-state index < -0.39 is 0 Å². The van der Waals surface area contributed by atoms with Crippen LogP contribution in [0.4, 0.5) is 0 Å². The van der Waals surface area contributed by atoms with Gasteiger partial charge in [-0.1, -0.05) is 13.8 Å². The van der Waals surface area contributed by atoms with E-state index in [1.165, 1.54) is 12.8 Å². The lowest BCUT2D eigenvalue weighted by atomic mass is 10.1. The van der Waals surface area contributed by atoms with Crippen molar-refractivity contribution >= 4 is 0 Å². The van der Waals surface area contributed by atoms with Crippen LogP contribution in [0, 0.1) is 11.8 Å². The Morgan fingerprint density at radius 2 is 2.00 bits per heavy atom. The van der Waals surface area contributed by atoms with Crippen molar-refractivity contribution in [2.45, 2.75) is 38.9 Å². The first-order valence-electron chi connectivity index (χ1n) is 3.94. The lowest BCUT2D eigenvalue weighted by Crippen LogP contribution is -2.02. The summed E-state index contributed by atoms with van der Waals surface area (Å²) >= 11 is 0. The molecule has 0 aromatic carbocycles. The molecule has 52 valence electrons. The quantitative estimate of drug-likeness (QED) is 0.514. The van der Waals surface area contributed by atoms with E-state index in [0.29, 0.717) is 12.2 Å². The number of epoxide rings is 1. The maximum atomic E-state index is 5.50. The predicted octanol–water partition coefficient (Wildman–Crippen LogP) is 1.82. The smallest absolute Gasteiger partial charge is 0.0872 e. The minimum absolute atomic E-state index is 0.623. The van der Waals surface area contributed by atoms with Crippen molar-refractivity contribution in [1.29, 1.82) is 0 Å². The average molecular weight is 126 g/mol. The summed E-state index contributed by atoms with van der Waals surface area (Å²) in [4.78, 5) is 0. The lowest BCUT2D eigenvalue weighted by Gasteiger charge is -1.94. The molecule has 1 aliphatic heterocycles. The Morgan fingerprint density at radius 3 is 2.33 bits per heavy atom. The fourth-order valence-corrected chi connectivity index (χ4v) is 1.48. The van der Waals surface area contributed by atoms with Gasteiger partial charge in [0.25, 0.3) is 0 Å². The summed E-state index contributed by atoms with van der Waals surface area (Å²) in [6.07, 6.45) is 4.14. The summed E-state index contributed by atoms with van der Waals surface area (Å²) in [6.45, 7) is 4.49. The van der Waals surface area contributed by atoms with Crippen molar-refractivity contribution in [1.82, 2.24) is 0 Å². The highest BCUT2D eigenvalue weighted by molar-refractivity contribution is 4.97. The van der Waals surface area contributed by atoms with Gasteiger partial charge in [0.1, 0.15) is 0 Å². The zero-order chi connectivity index (χ0) is 6.43. The second-order valence-electron chi connectivity index (χ2n) is 3.65. The molecular formula is C8H14O. The van der Waals surface area contributed by atoms with Gasteiger partial charge < -0.3 is 4.74 Å². The van der Waals surface area contributed by atoms with Crippen molar-refractivity contribution in [3.05, 3.63) is 0 Å². The Kier molecular flexibility index (Phi) is 1.10. The fraction of sp³-hybridized carbons (Fsp3) is 1.00. The molecule has 1 saturated carbocycles. The third kappa shape index (κ3) is 0.983. The monoisotopic (exact) mass is 126 g/mol.